The summed E-state index contributed by atoms with van der Waals surface area (Å²) in [5, 5.41) is 27.9. The number of aryl methyl sites for hydroxylation is 1. The van der Waals surface area contributed by atoms with Crippen LogP contribution in [0, 0.1) is 0 Å². The topological polar surface area (TPSA) is 142 Å². The van der Waals surface area contributed by atoms with Crippen molar-refractivity contribution in [3.05, 3.63) is 35.7 Å². The third kappa shape index (κ3) is 3.55. The fraction of sp³-hybridized carbons (Fsp3) is 0.300. The smallest absolute Gasteiger partial charge is 0.320 e. The molecule has 12 heteroatoms. The van der Waals surface area contributed by atoms with Crippen molar-refractivity contribution in [3.63, 3.8) is 0 Å². The van der Waals surface area contributed by atoms with Crippen molar-refractivity contribution in [1.29, 1.82) is 0 Å². The van der Waals surface area contributed by atoms with E-state index in [-0.39, 0.29) is 17.6 Å². The number of hydrogen-bond acceptors (Lipinski definition) is 8. The number of aromatic nitrogens is 5. The number of rotatable bonds is 4. The Labute approximate surface area is 184 Å². The summed E-state index contributed by atoms with van der Waals surface area (Å²) in [6.45, 7) is 2.06. The molecule has 0 radical (unpaired) electrons. The van der Waals surface area contributed by atoms with Gasteiger partial charge in [-0.1, -0.05) is 12.1 Å². The van der Waals surface area contributed by atoms with Crippen molar-refractivity contribution >= 4 is 34.8 Å². The van der Waals surface area contributed by atoms with E-state index in [4.69, 9.17) is 0 Å². The van der Waals surface area contributed by atoms with Crippen LogP contribution < -0.4 is 26.2 Å². The van der Waals surface area contributed by atoms with Crippen LogP contribution in [0.25, 0.3) is 11.3 Å². The summed E-state index contributed by atoms with van der Waals surface area (Å²) in [5.74, 6) is -0.212. The molecule has 0 unspecified atom stereocenters. The first-order valence-electron chi connectivity index (χ1n) is 9.97. The maximum atomic E-state index is 12.4. The quantitative estimate of drug-likeness (QED) is 0.484. The molecule has 0 saturated heterocycles. The normalized spacial score (nSPS) is 14.3. The summed E-state index contributed by atoms with van der Waals surface area (Å²) in [7, 11) is 6.79. The van der Waals surface area contributed by atoms with Crippen LogP contribution in [-0.4, -0.2) is 58.3 Å². The Morgan fingerprint density at radius 2 is 1.81 bits per heavy atom. The fourth-order valence-corrected chi connectivity index (χ4v) is 3.65. The van der Waals surface area contributed by atoms with Gasteiger partial charge in [-0.15, -0.1) is 10.2 Å². The maximum absolute atomic E-state index is 12.4. The molecule has 166 valence electrons. The highest BCUT2D eigenvalue weighted by atomic mass is 16.2. The molecule has 1 aliphatic heterocycles. The van der Waals surface area contributed by atoms with E-state index >= 15 is 0 Å². The molecular formula is C20H24N10O2. The van der Waals surface area contributed by atoms with Gasteiger partial charge in [-0.05, 0) is 13.0 Å². The SMILES string of the molecule is CNC(=O)Nc1cc(Nc2cccc3c2N(C)[C@H](C)c2nn(C)nc2-3)c(C(=O)NC)nn1. The Morgan fingerprint density at radius 3 is 2.53 bits per heavy atom. The molecule has 0 fully saturated rings. The molecular weight excluding hydrogens is 412 g/mol. The molecule has 3 heterocycles. The average molecular weight is 436 g/mol. The molecule has 0 spiro atoms. The Balaban J connectivity index is 1.81. The van der Waals surface area contributed by atoms with Gasteiger partial charge in [0.05, 0.1) is 23.1 Å². The average Bonchev–Trinajstić information content (AvgIpc) is 3.19. The zero-order chi connectivity index (χ0) is 23.0. The standard InChI is InChI=1S/C20H24N10O2/c1-10-15-16(28-30(5)27-15)11-7-6-8-12(18(11)29(10)4)23-13-9-14(24-20(32)22-3)25-26-17(13)19(31)21-2/h6-10H,1-5H3,(H,21,31)(H3,22,23,24,25,32)/t10-/m1/s1. The lowest BCUT2D eigenvalue weighted by molar-refractivity contribution is 0.0958. The van der Waals surface area contributed by atoms with Gasteiger partial charge >= 0.3 is 6.03 Å². The molecule has 3 amide bonds. The number of benzene rings is 1. The monoisotopic (exact) mass is 436 g/mol. The molecule has 0 saturated carbocycles. The predicted octanol–water partition coefficient (Wildman–Crippen LogP) is 1.64. The van der Waals surface area contributed by atoms with Gasteiger partial charge in [0.2, 0.25) is 0 Å². The second kappa shape index (κ2) is 8.13. The van der Waals surface area contributed by atoms with Crippen molar-refractivity contribution in [2.24, 2.45) is 7.05 Å². The second-order valence-electron chi connectivity index (χ2n) is 7.31. The third-order valence-electron chi connectivity index (χ3n) is 5.33. The Hall–Kier alpha value is -4.22. The minimum atomic E-state index is -0.446. The molecule has 1 aliphatic rings. The molecule has 2 aromatic heterocycles. The second-order valence-corrected chi connectivity index (χ2v) is 7.31. The molecule has 1 aromatic carbocycles. The highest BCUT2D eigenvalue weighted by Crippen LogP contribution is 2.46. The zero-order valence-electron chi connectivity index (χ0n) is 18.4. The van der Waals surface area contributed by atoms with Crippen molar-refractivity contribution < 1.29 is 9.59 Å². The first-order chi connectivity index (χ1) is 15.3. The number of para-hydroxylation sites is 1. The Bertz CT molecular complexity index is 1210. The number of nitrogens with zero attached hydrogens (tertiary/aromatic N) is 6. The van der Waals surface area contributed by atoms with Crippen LogP contribution in [0.3, 0.4) is 0 Å². The maximum Gasteiger partial charge on any atom is 0.320 e. The lowest BCUT2D eigenvalue weighted by Crippen LogP contribution is -2.28. The van der Waals surface area contributed by atoms with Gasteiger partial charge in [0, 0.05) is 39.8 Å². The van der Waals surface area contributed by atoms with Crippen molar-refractivity contribution in [2.75, 3.05) is 36.7 Å². The summed E-state index contributed by atoms with van der Waals surface area (Å²) in [6.07, 6.45) is 0. The number of amides is 3. The molecule has 0 aliphatic carbocycles. The molecule has 4 N–H and O–H groups in total. The Morgan fingerprint density at radius 1 is 1.03 bits per heavy atom. The summed E-state index contributed by atoms with van der Waals surface area (Å²) in [6, 6.07) is 6.91. The van der Waals surface area contributed by atoms with Gasteiger partial charge in [-0.25, -0.2) is 4.79 Å². The molecule has 12 nitrogen and oxygen atoms in total. The number of hydrogen-bond donors (Lipinski definition) is 4. The van der Waals surface area contributed by atoms with Crippen LogP contribution in [0.15, 0.2) is 24.3 Å². The minimum Gasteiger partial charge on any atom is -0.364 e. The third-order valence-corrected chi connectivity index (χ3v) is 5.33. The van der Waals surface area contributed by atoms with Crippen molar-refractivity contribution in [2.45, 2.75) is 13.0 Å². The van der Waals surface area contributed by atoms with Crippen LogP contribution in [0.4, 0.5) is 27.7 Å². The number of carbonyl (C=O) groups excluding carboxylic acids is 2. The number of anilines is 4. The van der Waals surface area contributed by atoms with Crippen molar-refractivity contribution in [1.82, 2.24) is 35.8 Å². The zero-order valence-corrected chi connectivity index (χ0v) is 18.4. The van der Waals surface area contributed by atoms with Gasteiger partial charge in [0.15, 0.2) is 11.5 Å². The first-order valence-corrected chi connectivity index (χ1v) is 9.97. The van der Waals surface area contributed by atoms with Crippen LogP contribution in [0.5, 0.6) is 0 Å². The van der Waals surface area contributed by atoms with Gasteiger partial charge in [0.1, 0.15) is 11.4 Å². The van der Waals surface area contributed by atoms with E-state index in [1.807, 2.05) is 25.2 Å². The Kier molecular flexibility index (Phi) is 5.34. The van der Waals surface area contributed by atoms with E-state index in [0.29, 0.717) is 5.69 Å². The van der Waals surface area contributed by atoms with Crippen LogP contribution in [0.2, 0.25) is 0 Å². The van der Waals surface area contributed by atoms with E-state index in [2.05, 4.69) is 53.5 Å². The van der Waals surface area contributed by atoms with E-state index < -0.39 is 11.9 Å². The lowest BCUT2D eigenvalue weighted by Gasteiger charge is -2.34. The van der Waals surface area contributed by atoms with E-state index in [1.165, 1.54) is 14.1 Å². The highest BCUT2D eigenvalue weighted by molar-refractivity contribution is 6.00. The summed E-state index contributed by atoms with van der Waals surface area (Å²) in [5.41, 5.74) is 4.78. The summed E-state index contributed by atoms with van der Waals surface area (Å²) >= 11 is 0. The molecule has 32 heavy (non-hydrogen) atoms. The van der Waals surface area contributed by atoms with Crippen LogP contribution in [-0.2, 0) is 7.05 Å². The number of nitrogens with one attached hydrogen (secondary N) is 4. The molecule has 3 aromatic rings. The lowest BCUT2D eigenvalue weighted by atomic mass is 9.96. The molecule has 0 bridgehead atoms. The largest absolute Gasteiger partial charge is 0.364 e. The van der Waals surface area contributed by atoms with Crippen LogP contribution in [0.1, 0.15) is 29.1 Å². The van der Waals surface area contributed by atoms with Gasteiger partial charge in [-0.2, -0.15) is 15.0 Å². The summed E-state index contributed by atoms with van der Waals surface area (Å²) in [4.78, 5) is 27.8. The van der Waals surface area contributed by atoms with Crippen LogP contribution >= 0.6 is 0 Å². The predicted molar refractivity (Wildman–Crippen MR) is 120 cm³/mol. The minimum absolute atomic E-state index is 0.00592. The van der Waals surface area contributed by atoms with Gasteiger partial charge < -0.3 is 20.9 Å². The summed E-state index contributed by atoms with van der Waals surface area (Å²) < 4.78 is 0. The molecule has 1 atom stereocenters. The number of fused-ring (bicyclic) bond motifs is 3. The van der Waals surface area contributed by atoms with Gasteiger partial charge in [-0.3, -0.25) is 10.1 Å². The van der Waals surface area contributed by atoms with E-state index in [0.717, 1.165) is 28.3 Å². The first kappa shape index (κ1) is 21.0. The van der Waals surface area contributed by atoms with E-state index in [9.17, 15) is 9.59 Å². The van der Waals surface area contributed by atoms with E-state index in [1.54, 1.807) is 17.9 Å². The van der Waals surface area contributed by atoms with Crippen molar-refractivity contribution in [3.8, 4) is 11.3 Å². The number of urea groups is 1. The fourth-order valence-electron chi connectivity index (χ4n) is 3.65. The molecule has 4 rings (SSSR count). The van der Waals surface area contributed by atoms with Gasteiger partial charge in [0.25, 0.3) is 5.91 Å². The highest BCUT2D eigenvalue weighted by Gasteiger charge is 2.32. The number of carbonyl (C=O) groups is 2.